The van der Waals surface area contributed by atoms with E-state index in [9.17, 15) is 35.4 Å². The van der Waals surface area contributed by atoms with Crippen LogP contribution in [0.1, 0.15) is 126 Å². The molecular weight excluding hydrogens is 656 g/mol. The Labute approximate surface area is 304 Å². The zero-order valence-electron chi connectivity index (χ0n) is 32.1. The fraction of sp³-hybridized carbons (Fsp3) is 0.825. The lowest BCUT2D eigenvalue weighted by Crippen LogP contribution is -2.57. The van der Waals surface area contributed by atoms with E-state index in [-0.39, 0.29) is 30.8 Å². The van der Waals surface area contributed by atoms with Gasteiger partial charge in [-0.1, -0.05) is 39.8 Å². The van der Waals surface area contributed by atoms with Crippen molar-refractivity contribution in [3.05, 3.63) is 35.6 Å². The van der Waals surface area contributed by atoms with Crippen molar-refractivity contribution in [1.29, 1.82) is 0 Å². The molecule has 2 fully saturated rings. The Balaban J connectivity index is 1.69. The minimum absolute atomic E-state index is 0.211. The molecule has 0 aromatic carbocycles. The van der Waals surface area contributed by atoms with E-state index in [1.165, 1.54) is 13.8 Å². The Morgan fingerprint density at radius 2 is 1.67 bits per heavy atom. The molecule has 2 bridgehead atoms. The van der Waals surface area contributed by atoms with E-state index < -0.39 is 71.1 Å². The van der Waals surface area contributed by atoms with Crippen LogP contribution in [-0.2, 0) is 23.7 Å². The topological polar surface area (TPSA) is 175 Å². The summed E-state index contributed by atoms with van der Waals surface area (Å²) in [7, 11) is 0. The summed E-state index contributed by atoms with van der Waals surface area (Å²) < 4.78 is 26.2. The molecule has 2 saturated heterocycles. The Kier molecular flexibility index (Phi) is 13.7. The molecule has 292 valence electrons. The number of allylic oxidation sites excluding steroid dienone is 2. The number of carbonyl (C=O) groups is 1. The molecule has 0 aromatic heterocycles. The molecule has 0 radical (unpaired) electrons. The third-order valence-corrected chi connectivity index (χ3v) is 11.9. The molecule has 4 rings (SSSR count). The summed E-state index contributed by atoms with van der Waals surface area (Å²) in [6, 6.07) is 0. The molecule has 13 atom stereocenters. The van der Waals surface area contributed by atoms with Gasteiger partial charge in [-0.3, -0.25) is 0 Å². The van der Waals surface area contributed by atoms with E-state index >= 15 is 0 Å². The zero-order chi connectivity index (χ0) is 37.9. The number of aliphatic hydroxyl groups is 6. The summed E-state index contributed by atoms with van der Waals surface area (Å²) >= 11 is 0. The normalized spacial score (nSPS) is 45.1. The highest BCUT2D eigenvalue weighted by atomic mass is 16.7. The molecule has 4 aliphatic heterocycles. The highest BCUT2D eigenvalue weighted by molar-refractivity contribution is 5.82. The Bertz CT molecular complexity index is 1270. The van der Waals surface area contributed by atoms with Crippen molar-refractivity contribution < 1.29 is 54.4 Å². The molecule has 2 unspecified atom stereocenters. The lowest BCUT2D eigenvalue weighted by atomic mass is 9.80. The van der Waals surface area contributed by atoms with E-state index in [1.54, 1.807) is 6.92 Å². The molecule has 0 amide bonds. The molecule has 51 heavy (non-hydrogen) atoms. The highest BCUT2D eigenvalue weighted by Gasteiger charge is 2.52. The zero-order valence-corrected chi connectivity index (χ0v) is 32.1. The first-order valence-corrected chi connectivity index (χ1v) is 19.2. The Morgan fingerprint density at radius 3 is 2.35 bits per heavy atom. The number of hydrogen-bond acceptors (Lipinski definition) is 11. The van der Waals surface area contributed by atoms with Crippen molar-refractivity contribution >= 4 is 5.97 Å². The third kappa shape index (κ3) is 10.7. The van der Waals surface area contributed by atoms with Crippen molar-refractivity contribution in [1.82, 2.24) is 0 Å². The van der Waals surface area contributed by atoms with Crippen LogP contribution in [0.4, 0.5) is 0 Å². The number of fused-ring (bicyclic) bond motifs is 2. The van der Waals surface area contributed by atoms with Crippen LogP contribution in [0.25, 0.3) is 0 Å². The van der Waals surface area contributed by atoms with E-state index in [4.69, 9.17) is 18.9 Å². The van der Waals surface area contributed by atoms with Gasteiger partial charge >= 0.3 is 5.97 Å². The molecule has 4 aliphatic rings. The molecule has 0 aromatic rings. The first-order valence-electron chi connectivity index (χ1n) is 19.2. The Hall–Kier alpha value is -1.83. The third-order valence-electron chi connectivity index (χ3n) is 11.9. The van der Waals surface area contributed by atoms with Gasteiger partial charge in [0.1, 0.15) is 23.1 Å². The van der Waals surface area contributed by atoms with Gasteiger partial charge in [0, 0.05) is 50.0 Å². The fourth-order valence-corrected chi connectivity index (χ4v) is 8.01. The molecule has 0 saturated carbocycles. The standard InChI is InChI=1S/C40H66O11/c1-9-28(41)19-30-24(2)14-18-40(50-30)23-33-26(4)31(51-40)21-32-27(22-37(5,6)49-32)13-11-10-12-16-38(7,46)34(43)20-29(42)25(3)36(45)39(8,47)17-15-35(44)48-33/h11,13,15,17,24-26,28-31,33-34,36,41-43,45-47H,9-10,12,14,16,18-23H2,1-8H3/b13-11+,17-15+/t24-,25+,26+,28?,29-,30-,31-,33-,34+,36-,38+,39+,40?/m0/s1. The average Bonchev–Trinajstić information content (AvgIpc) is 3.34. The number of hydrogen-bond donors (Lipinski definition) is 6. The average molecular weight is 723 g/mol. The quantitative estimate of drug-likeness (QED) is 0.222. The first-order chi connectivity index (χ1) is 23.7. The van der Waals surface area contributed by atoms with Crippen molar-refractivity contribution in [3.63, 3.8) is 0 Å². The molecule has 6 N–H and O–H groups in total. The van der Waals surface area contributed by atoms with Gasteiger partial charge in [-0.2, -0.15) is 0 Å². The molecule has 4 heterocycles. The number of carbonyl (C=O) groups excluding carboxylic acids is 1. The maximum absolute atomic E-state index is 13.4. The summed E-state index contributed by atoms with van der Waals surface area (Å²) in [4.78, 5) is 13.4. The monoisotopic (exact) mass is 722 g/mol. The van der Waals surface area contributed by atoms with Gasteiger partial charge in [0.2, 0.25) is 0 Å². The van der Waals surface area contributed by atoms with Crippen LogP contribution in [0.3, 0.4) is 0 Å². The van der Waals surface area contributed by atoms with Gasteiger partial charge in [-0.15, -0.1) is 0 Å². The predicted molar refractivity (Wildman–Crippen MR) is 192 cm³/mol. The lowest BCUT2D eigenvalue weighted by Gasteiger charge is -2.52. The van der Waals surface area contributed by atoms with E-state index in [2.05, 4.69) is 13.0 Å². The molecule has 11 heteroatoms. The van der Waals surface area contributed by atoms with Gasteiger partial charge in [-0.25, -0.2) is 4.79 Å². The number of rotatable bonds is 3. The summed E-state index contributed by atoms with van der Waals surface area (Å²) in [6.45, 7) is 14.5. The van der Waals surface area contributed by atoms with Crippen LogP contribution in [0.2, 0.25) is 0 Å². The number of aliphatic hydroxyl groups excluding tert-OH is 4. The van der Waals surface area contributed by atoms with Crippen LogP contribution in [0.5, 0.6) is 0 Å². The molecule has 11 nitrogen and oxygen atoms in total. The lowest BCUT2D eigenvalue weighted by molar-refractivity contribution is -0.347. The van der Waals surface area contributed by atoms with Crippen molar-refractivity contribution in [3.8, 4) is 0 Å². The molecular formula is C40H66O11. The van der Waals surface area contributed by atoms with Gasteiger partial charge in [-0.05, 0) is 83.8 Å². The van der Waals surface area contributed by atoms with Gasteiger partial charge in [0.15, 0.2) is 5.79 Å². The fourth-order valence-electron chi connectivity index (χ4n) is 8.01. The predicted octanol–water partition coefficient (Wildman–Crippen LogP) is 4.75. The van der Waals surface area contributed by atoms with Crippen molar-refractivity contribution in [2.75, 3.05) is 0 Å². The van der Waals surface area contributed by atoms with Crippen LogP contribution in [-0.4, -0.2) is 102 Å². The number of esters is 1. The van der Waals surface area contributed by atoms with Crippen molar-refractivity contribution in [2.24, 2.45) is 17.8 Å². The second kappa shape index (κ2) is 16.7. The minimum atomic E-state index is -1.92. The highest BCUT2D eigenvalue weighted by Crippen LogP contribution is 2.47. The summed E-state index contributed by atoms with van der Waals surface area (Å²) in [6.07, 6.45) is 5.77. The number of ether oxygens (including phenoxy) is 4. The van der Waals surface area contributed by atoms with Crippen LogP contribution in [0, 0.1) is 17.8 Å². The van der Waals surface area contributed by atoms with Gasteiger partial charge in [0.25, 0.3) is 0 Å². The smallest absolute Gasteiger partial charge is 0.330 e. The second-order valence-corrected chi connectivity index (χ2v) is 17.1. The molecule has 0 aliphatic carbocycles. The Morgan fingerprint density at radius 1 is 0.961 bits per heavy atom. The van der Waals surface area contributed by atoms with Gasteiger partial charge in [0.05, 0.1) is 42.2 Å². The second-order valence-electron chi connectivity index (χ2n) is 17.1. The summed E-state index contributed by atoms with van der Waals surface area (Å²) in [5.74, 6) is -1.90. The maximum Gasteiger partial charge on any atom is 0.330 e. The van der Waals surface area contributed by atoms with E-state index in [0.717, 1.165) is 29.9 Å². The largest absolute Gasteiger partial charge is 0.491 e. The SMILES string of the molecule is CCC(O)C[C@@H]1OC2(CC[C@@H]1C)C[C@@H]1OC(=O)/C=C/[C@@](C)(O)[C@@H](O)[C@H](C)[C@@H](O)C[C@@H](O)[C@](C)(O)CCC/C=C/C3=C(C[C@H](O2)[C@H]1C)OC(C)(C)C3. The summed E-state index contributed by atoms with van der Waals surface area (Å²) in [5.41, 5.74) is -2.80. The van der Waals surface area contributed by atoms with E-state index in [1.807, 2.05) is 33.8 Å². The van der Waals surface area contributed by atoms with E-state index in [0.29, 0.717) is 51.4 Å². The van der Waals surface area contributed by atoms with Crippen LogP contribution in [0.15, 0.2) is 35.6 Å². The van der Waals surface area contributed by atoms with Crippen LogP contribution >= 0.6 is 0 Å². The van der Waals surface area contributed by atoms with Gasteiger partial charge < -0.3 is 49.6 Å². The summed E-state index contributed by atoms with van der Waals surface area (Å²) in [5, 5.41) is 65.6. The minimum Gasteiger partial charge on any atom is -0.491 e. The van der Waals surface area contributed by atoms with Crippen LogP contribution < -0.4 is 0 Å². The maximum atomic E-state index is 13.4. The van der Waals surface area contributed by atoms with Crippen molar-refractivity contribution in [2.45, 2.75) is 191 Å². The first kappa shape index (κ1) is 41.9. The molecule has 1 spiro atoms.